The zero-order chi connectivity index (χ0) is 21.5. The highest BCUT2D eigenvalue weighted by molar-refractivity contribution is 5.85. The molecule has 0 bridgehead atoms. The van der Waals surface area contributed by atoms with Gasteiger partial charge in [0.1, 0.15) is 5.82 Å². The van der Waals surface area contributed by atoms with E-state index in [1.54, 1.807) is 16.8 Å². The molecule has 0 aliphatic heterocycles. The molecule has 2 N–H and O–H groups in total. The first-order chi connectivity index (χ1) is 14.2. The standard InChI is InChI=1S/C21H20F4N4O/c22-18-8-16-13(7-17(18)19-27-9-14(10-28-19)21(23,24)25)4-5-29(20(16)30)11-12-2-1-3-15(26)6-12/h4-5,7-10,12,15H,1-3,6,11,26H2/t12-,15+/m1/s1. The van der Waals surface area contributed by atoms with E-state index in [4.69, 9.17) is 5.73 Å². The van der Waals surface area contributed by atoms with Crippen molar-refractivity contribution in [2.45, 2.75) is 44.4 Å². The molecule has 0 radical (unpaired) electrons. The van der Waals surface area contributed by atoms with Gasteiger partial charge in [0.05, 0.1) is 16.5 Å². The molecule has 0 spiro atoms. The Balaban J connectivity index is 1.67. The maximum absolute atomic E-state index is 14.7. The Labute approximate surface area is 169 Å². The molecular formula is C21H20F4N4O. The molecule has 4 rings (SSSR count). The summed E-state index contributed by atoms with van der Waals surface area (Å²) in [5.41, 5.74) is 4.63. The number of aromatic nitrogens is 3. The molecule has 1 aromatic carbocycles. The predicted octanol–water partition coefficient (Wildman–Crippen LogP) is 4.13. The van der Waals surface area contributed by atoms with Crippen molar-refractivity contribution in [3.63, 3.8) is 0 Å². The van der Waals surface area contributed by atoms with Crippen molar-refractivity contribution in [3.05, 3.63) is 58.5 Å². The molecule has 2 heterocycles. The lowest BCUT2D eigenvalue weighted by molar-refractivity contribution is -0.138. The molecular weight excluding hydrogens is 400 g/mol. The quantitative estimate of drug-likeness (QED) is 0.647. The van der Waals surface area contributed by atoms with Crippen LogP contribution in [0.3, 0.4) is 0 Å². The van der Waals surface area contributed by atoms with Crippen LogP contribution in [0.5, 0.6) is 0 Å². The summed E-state index contributed by atoms with van der Waals surface area (Å²) in [6, 6.07) is 4.31. The number of rotatable bonds is 3. The highest BCUT2D eigenvalue weighted by Crippen LogP contribution is 2.30. The van der Waals surface area contributed by atoms with Crippen LogP contribution < -0.4 is 11.3 Å². The van der Waals surface area contributed by atoms with Gasteiger partial charge in [-0.3, -0.25) is 4.79 Å². The third-order valence-corrected chi connectivity index (χ3v) is 5.56. The molecule has 5 nitrogen and oxygen atoms in total. The van der Waals surface area contributed by atoms with E-state index in [1.165, 1.54) is 6.07 Å². The topological polar surface area (TPSA) is 73.8 Å². The molecule has 1 aliphatic rings. The van der Waals surface area contributed by atoms with Crippen molar-refractivity contribution in [2.24, 2.45) is 11.7 Å². The van der Waals surface area contributed by atoms with Crippen molar-refractivity contribution in [1.82, 2.24) is 14.5 Å². The van der Waals surface area contributed by atoms with Gasteiger partial charge in [0.2, 0.25) is 0 Å². The van der Waals surface area contributed by atoms with Gasteiger partial charge in [-0.15, -0.1) is 0 Å². The van der Waals surface area contributed by atoms with E-state index in [0.29, 0.717) is 30.2 Å². The fraction of sp³-hybridized carbons (Fsp3) is 0.381. The van der Waals surface area contributed by atoms with Crippen LogP contribution in [0.4, 0.5) is 17.6 Å². The SMILES string of the molecule is N[C@H]1CCC[C@@H](Cn2ccc3cc(-c4ncc(C(F)(F)F)cn4)c(F)cc3c2=O)C1. The predicted molar refractivity (Wildman–Crippen MR) is 104 cm³/mol. The summed E-state index contributed by atoms with van der Waals surface area (Å²) in [6.45, 7) is 0.522. The fourth-order valence-electron chi connectivity index (χ4n) is 4.01. The Morgan fingerprint density at radius 3 is 2.57 bits per heavy atom. The molecule has 9 heteroatoms. The molecule has 2 aromatic heterocycles. The van der Waals surface area contributed by atoms with E-state index >= 15 is 0 Å². The lowest BCUT2D eigenvalue weighted by Crippen LogP contribution is -2.32. The van der Waals surface area contributed by atoms with Gasteiger partial charge in [0.15, 0.2) is 5.82 Å². The zero-order valence-corrected chi connectivity index (χ0v) is 16.0. The highest BCUT2D eigenvalue weighted by Gasteiger charge is 2.31. The Hall–Kier alpha value is -2.81. The molecule has 0 saturated heterocycles. The van der Waals surface area contributed by atoms with Crippen molar-refractivity contribution in [2.75, 3.05) is 0 Å². The van der Waals surface area contributed by atoms with Crippen LogP contribution in [0.25, 0.3) is 22.2 Å². The summed E-state index contributed by atoms with van der Waals surface area (Å²) in [7, 11) is 0. The lowest BCUT2D eigenvalue weighted by atomic mass is 9.86. The van der Waals surface area contributed by atoms with Crippen LogP contribution in [0, 0.1) is 11.7 Å². The summed E-state index contributed by atoms with van der Waals surface area (Å²) < 4.78 is 54.3. The van der Waals surface area contributed by atoms with E-state index in [-0.39, 0.29) is 28.4 Å². The normalized spacial score (nSPS) is 19.9. The number of nitrogens with two attached hydrogens (primary N) is 1. The van der Waals surface area contributed by atoms with Crippen molar-refractivity contribution in [1.29, 1.82) is 0 Å². The Bertz CT molecular complexity index is 1120. The van der Waals surface area contributed by atoms with E-state index in [1.807, 2.05) is 0 Å². The number of alkyl halides is 3. The molecule has 158 valence electrons. The number of hydrogen-bond donors (Lipinski definition) is 1. The summed E-state index contributed by atoms with van der Waals surface area (Å²) in [5, 5.41) is 0.669. The van der Waals surface area contributed by atoms with E-state index in [2.05, 4.69) is 9.97 Å². The first kappa shape index (κ1) is 20.5. The maximum Gasteiger partial charge on any atom is 0.419 e. The van der Waals surface area contributed by atoms with Crippen LogP contribution in [0.15, 0.2) is 41.6 Å². The molecule has 0 unspecified atom stereocenters. The van der Waals surface area contributed by atoms with Crippen molar-refractivity contribution >= 4 is 10.8 Å². The smallest absolute Gasteiger partial charge is 0.328 e. The van der Waals surface area contributed by atoms with Gasteiger partial charge < -0.3 is 10.3 Å². The van der Waals surface area contributed by atoms with E-state index in [9.17, 15) is 22.4 Å². The number of fused-ring (bicyclic) bond motifs is 1. The van der Waals surface area contributed by atoms with Crippen LogP contribution in [-0.2, 0) is 12.7 Å². The highest BCUT2D eigenvalue weighted by atomic mass is 19.4. The summed E-state index contributed by atoms with van der Waals surface area (Å²) in [6.07, 6.45) is 2.16. The summed E-state index contributed by atoms with van der Waals surface area (Å²) >= 11 is 0. The van der Waals surface area contributed by atoms with Crippen LogP contribution in [-0.4, -0.2) is 20.6 Å². The lowest BCUT2D eigenvalue weighted by Gasteiger charge is -2.27. The number of benzene rings is 1. The molecule has 2 atom stereocenters. The van der Waals surface area contributed by atoms with Crippen molar-refractivity contribution < 1.29 is 17.6 Å². The first-order valence-corrected chi connectivity index (χ1v) is 9.70. The summed E-state index contributed by atoms with van der Waals surface area (Å²) in [4.78, 5) is 20.1. The maximum atomic E-state index is 14.7. The number of halogens is 4. The molecule has 3 aromatic rings. The second-order valence-electron chi connectivity index (χ2n) is 7.78. The van der Waals surface area contributed by atoms with Crippen LogP contribution in [0.1, 0.15) is 31.2 Å². The van der Waals surface area contributed by atoms with Gasteiger partial charge in [-0.2, -0.15) is 13.2 Å². The Morgan fingerprint density at radius 2 is 1.90 bits per heavy atom. The molecule has 1 saturated carbocycles. The Kier molecular flexibility index (Phi) is 5.31. The number of hydrogen-bond acceptors (Lipinski definition) is 4. The molecule has 30 heavy (non-hydrogen) atoms. The summed E-state index contributed by atoms with van der Waals surface area (Å²) in [5.74, 6) is -0.645. The zero-order valence-electron chi connectivity index (χ0n) is 16.0. The Morgan fingerprint density at radius 1 is 1.17 bits per heavy atom. The minimum absolute atomic E-state index is 0.0633. The largest absolute Gasteiger partial charge is 0.419 e. The van der Waals surface area contributed by atoms with Gasteiger partial charge in [-0.05, 0) is 48.8 Å². The van der Waals surface area contributed by atoms with Crippen LogP contribution in [0.2, 0.25) is 0 Å². The molecule has 0 amide bonds. The second kappa shape index (κ2) is 7.79. The third-order valence-electron chi connectivity index (χ3n) is 5.56. The van der Waals surface area contributed by atoms with E-state index < -0.39 is 17.6 Å². The second-order valence-corrected chi connectivity index (χ2v) is 7.78. The minimum atomic E-state index is -4.58. The van der Waals surface area contributed by atoms with Gasteiger partial charge in [0, 0.05) is 31.2 Å². The van der Waals surface area contributed by atoms with Gasteiger partial charge >= 0.3 is 6.18 Å². The third kappa shape index (κ3) is 4.07. The monoisotopic (exact) mass is 420 g/mol. The van der Waals surface area contributed by atoms with Gasteiger partial charge in [-0.25, -0.2) is 14.4 Å². The fourth-order valence-corrected chi connectivity index (χ4v) is 4.01. The van der Waals surface area contributed by atoms with Crippen LogP contribution >= 0.6 is 0 Å². The average Bonchev–Trinajstić information content (AvgIpc) is 2.70. The van der Waals surface area contributed by atoms with Crippen molar-refractivity contribution in [3.8, 4) is 11.4 Å². The number of pyridine rings is 1. The number of nitrogens with zero attached hydrogens (tertiary/aromatic N) is 3. The molecule has 1 fully saturated rings. The minimum Gasteiger partial charge on any atom is -0.328 e. The van der Waals surface area contributed by atoms with Gasteiger partial charge in [-0.1, -0.05) is 6.42 Å². The van der Waals surface area contributed by atoms with E-state index in [0.717, 1.165) is 31.7 Å². The molecule has 1 aliphatic carbocycles. The van der Waals surface area contributed by atoms with Gasteiger partial charge in [0.25, 0.3) is 5.56 Å². The first-order valence-electron chi connectivity index (χ1n) is 9.70. The average molecular weight is 420 g/mol.